The Kier molecular flexibility index (Phi) is 39.1. The second-order valence-electron chi connectivity index (χ2n) is 42.6. The summed E-state index contributed by atoms with van der Waals surface area (Å²) in [5.41, 5.74) is 20.6. The maximum absolute atomic E-state index is 12.6. The third-order valence-electron chi connectivity index (χ3n) is 32.4. The van der Waals surface area contributed by atoms with E-state index >= 15 is 0 Å². The number of nitrogens with zero attached hydrogens (tertiary/aromatic N) is 11. The molecule has 10 aliphatic rings. The number of likely N-dealkylation sites (tertiary alicyclic amines) is 2. The molecule has 146 heavy (non-hydrogen) atoms. The lowest BCUT2D eigenvalue weighted by atomic mass is 9.78. The van der Waals surface area contributed by atoms with Crippen LogP contribution in [0.25, 0.3) is 0 Å². The van der Waals surface area contributed by atoms with Crippen LogP contribution >= 0.6 is 0 Å². The Morgan fingerprint density at radius 1 is 0.342 bits per heavy atom. The van der Waals surface area contributed by atoms with E-state index in [9.17, 15) is 97.5 Å². The molecule has 5 aromatic rings. The molecule has 0 aromatic heterocycles. The molecule has 15 rings (SSSR count). The summed E-state index contributed by atoms with van der Waals surface area (Å²) >= 11 is 0. The molecule has 0 radical (unpaired) electrons. The van der Waals surface area contributed by atoms with Gasteiger partial charge in [0, 0.05) is 159 Å². The van der Waals surface area contributed by atoms with Crippen LogP contribution in [0.4, 0.5) is 56.9 Å². The van der Waals surface area contributed by atoms with Crippen molar-refractivity contribution in [3.63, 3.8) is 0 Å². The zero-order valence-electron chi connectivity index (χ0n) is 84.5. The molecule has 0 amide bonds. The number of rotatable bonds is 41. The molecule has 806 valence electrons. The van der Waals surface area contributed by atoms with Crippen LogP contribution in [0, 0.1) is 29.6 Å². The van der Waals surface area contributed by atoms with E-state index in [2.05, 4.69) is 25.8 Å². The van der Waals surface area contributed by atoms with Gasteiger partial charge in [-0.25, -0.2) is 0 Å². The molecule has 1 aliphatic carbocycles. The molecule has 9 heterocycles. The van der Waals surface area contributed by atoms with Gasteiger partial charge in [-0.15, -0.1) is 0 Å². The molecule has 54 heteroatoms. The number of nitrogens with two attached hydrogens (primary N) is 5. The minimum atomic E-state index is -1.57. The Balaban J connectivity index is 0.000000174. The smallest absolute Gasteiger partial charge is 0.451 e. The molecule has 9 aliphatic heterocycles. The lowest BCUT2D eigenvalue weighted by Gasteiger charge is -2.41. The van der Waals surface area contributed by atoms with Gasteiger partial charge in [-0.2, -0.15) is 0 Å². The average molecular weight is 2050 g/mol. The molecular formula is C92H148B5N19O30. The van der Waals surface area contributed by atoms with Gasteiger partial charge in [-0.05, 0) is 195 Å². The van der Waals surface area contributed by atoms with Crippen LogP contribution in [0.1, 0.15) is 149 Å². The molecule has 0 spiro atoms. The zero-order valence-corrected chi connectivity index (χ0v) is 84.5. The Morgan fingerprint density at radius 2 is 0.589 bits per heavy atom. The fourth-order valence-electron chi connectivity index (χ4n) is 23.5. The van der Waals surface area contributed by atoms with Crippen LogP contribution in [-0.2, 0) is 24.0 Å². The third-order valence-corrected chi connectivity index (χ3v) is 32.4. The number of anilines is 10. The molecular weight excluding hydrogens is 1910 g/mol. The SMILES string of the molecule is CC(C)N(c1c(N2C[C@H](CCCB(O)O)[C@](N)(C(=O)O)C2)c(=O)c1=O)C1CCNCC1.CN(c1c(N2C[C@H](CCCB(O)O)[C@](N)(C(=O)O)C2)c(=O)c1=O)C1CCCC1.CN(c1c(N2C[C@H](CCCB(O)O)[C@](N)(C(=O)O)C2)c(=O)c1=O)C1CCNCC1.CN1CCC(N(C)c2c(N3C[C@H](CCCB(O)O)[C@](N)(C(=O)O)C3)c(=O)c2=O)CC1.CN1CCC(Nc2c(N3C[C@H](CCCB(O)O)[C@](N)(C(=O)O)C3)c(=O)c2=O)C1. The van der Waals surface area contributed by atoms with Crippen molar-refractivity contribution in [1.82, 2.24) is 20.4 Å². The molecule has 10 fully saturated rings. The summed E-state index contributed by atoms with van der Waals surface area (Å²) in [5.74, 6) is -8.18. The van der Waals surface area contributed by atoms with Crippen LogP contribution in [0.2, 0.25) is 31.6 Å². The van der Waals surface area contributed by atoms with Gasteiger partial charge in [-0.1, -0.05) is 44.9 Å². The molecule has 5 aromatic carbocycles. The Hall–Kier alpha value is -9.69. The van der Waals surface area contributed by atoms with E-state index in [1.54, 1.807) is 31.5 Å². The van der Waals surface area contributed by atoms with E-state index in [0.717, 1.165) is 123 Å². The summed E-state index contributed by atoms with van der Waals surface area (Å²) in [6.45, 7) is 11.7. The summed E-state index contributed by atoms with van der Waals surface area (Å²) in [5, 5.41) is 149. The summed E-state index contributed by atoms with van der Waals surface area (Å²) in [4.78, 5) is 203. The normalized spacial score (nSPS) is 26.0. The van der Waals surface area contributed by atoms with Gasteiger partial charge in [0.05, 0.1) is 0 Å². The number of nitrogens with one attached hydrogen (secondary N) is 3. The number of aliphatic carboxylic acids is 5. The number of carbonyl (C=O) groups is 5. The number of hydrogen-bond acceptors (Lipinski definition) is 44. The minimum absolute atomic E-state index is 0.0108. The highest BCUT2D eigenvalue weighted by atomic mass is 16.4. The summed E-state index contributed by atoms with van der Waals surface area (Å²) < 4.78 is 0. The van der Waals surface area contributed by atoms with Gasteiger partial charge in [0.25, 0.3) is 54.3 Å². The first-order valence-corrected chi connectivity index (χ1v) is 50.9. The number of piperidine rings is 3. The van der Waals surface area contributed by atoms with E-state index in [4.69, 9.17) is 78.9 Å². The number of hydrogen-bond donors (Lipinski definition) is 23. The quantitative estimate of drug-likeness (QED) is 0.0128. The summed E-state index contributed by atoms with van der Waals surface area (Å²) in [6, 6.07) is 0.721. The Bertz CT molecular complexity index is 5730. The first-order chi connectivity index (χ1) is 68.6. The molecule has 9 saturated heterocycles. The zero-order chi connectivity index (χ0) is 108. The maximum Gasteiger partial charge on any atom is 0.451 e. The maximum atomic E-state index is 12.6. The van der Waals surface area contributed by atoms with Gasteiger partial charge in [0.1, 0.15) is 84.6 Å². The minimum Gasteiger partial charge on any atom is -0.480 e. The van der Waals surface area contributed by atoms with Crippen molar-refractivity contribution in [2.75, 3.05) is 202 Å². The fourth-order valence-corrected chi connectivity index (χ4v) is 23.5. The van der Waals surface area contributed by atoms with E-state index in [-0.39, 0.29) is 167 Å². The standard InChI is InChI=1S/C20H33BN4O6.C19H31BN4O6.C18H29BN4O6.C18H28BN3O6.C17H27BN4O6/c1-12(2)25(14-5-8-23-9-6-14)16-15(17(26)18(16)27)24-10-13(4-3-7-21(30)31)20(22,11-24)19(28)29;1-22-8-5-13(6-9-22)23(2)14-15(17(26)16(14)25)24-10-12(4-3-7-20(29)30)19(21,11-24)18(27)28;1-22(12-4-7-21-8-5-12)13-14(16(25)15(13)24)23-9-11(3-2-6-19(28)29)18(20,10-23)17(26)27;1-21(12-6-2-3-7-12)13-14(16(24)15(13)23)22-9-11(5-4-8-19(27)28)18(20,10-22)17(25)26;1-21-6-4-11(8-21)20-12-13(15(24)14(12)23)22-7-10(3-2-5-18(27)28)17(19,9-22)16(25)26/h12-14,23,30-31H,3-11,22H2,1-2H3,(H,28,29);12-13,29-30H,3-11,21H2,1-2H3,(H,27,28);11-12,21,28-29H,2-10,20H2,1H3,(H,26,27);11-12,27-28H,2-10,20H2,1H3,(H,25,26);10-11,20,27-28H,2-9,19H2,1H3,(H,25,26)/t13-,20-;12-,19-;2*11-,18-;10-,11?,17-/m00000/s1. The van der Waals surface area contributed by atoms with Gasteiger partial charge < -0.3 is 174 Å². The largest absolute Gasteiger partial charge is 0.480 e. The molecule has 0 bridgehead atoms. The summed E-state index contributed by atoms with van der Waals surface area (Å²) in [7, 11) is 2.19. The van der Waals surface area contributed by atoms with Gasteiger partial charge >= 0.3 is 65.4 Å². The van der Waals surface area contributed by atoms with Crippen molar-refractivity contribution in [2.24, 2.45) is 58.3 Å². The van der Waals surface area contributed by atoms with E-state index < -0.39 is 177 Å². The van der Waals surface area contributed by atoms with Gasteiger partial charge in [-0.3, -0.25) is 71.9 Å². The third kappa shape index (κ3) is 25.3. The topological polar surface area (TPSA) is 761 Å². The first-order valence-electron chi connectivity index (χ1n) is 50.9. The van der Waals surface area contributed by atoms with Gasteiger partial charge in [0.2, 0.25) is 0 Å². The molecule has 11 atom stereocenters. The van der Waals surface area contributed by atoms with Crippen LogP contribution in [-0.4, -0.2) is 368 Å². The van der Waals surface area contributed by atoms with Crippen molar-refractivity contribution in [1.29, 1.82) is 0 Å². The highest BCUT2D eigenvalue weighted by Gasteiger charge is 2.58. The Labute approximate surface area is 845 Å². The lowest BCUT2D eigenvalue weighted by Crippen LogP contribution is -2.56. The van der Waals surface area contributed by atoms with Crippen LogP contribution in [0.3, 0.4) is 0 Å². The highest BCUT2D eigenvalue weighted by Crippen LogP contribution is 2.45. The number of carboxylic acids is 5. The van der Waals surface area contributed by atoms with Crippen molar-refractivity contribution < 1.29 is 99.7 Å². The van der Waals surface area contributed by atoms with Gasteiger partial charge in [0.15, 0.2) is 0 Å². The number of carboxylic acid groups (broad SMARTS) is 5. The van der Waals surface area contributed by atoms with Crippen LogP contribution in [0.15, 0.2) is 47.9 Å². The fraction of sp³-hybridized carbons (Fsp3) is 0.728. The second-order valence-corrected chi connectivity index (χ2v) is 42.6. The van der Waals surface area contributed by atoms with E-state index in [1.807, 2.05) is 61.6 Å². The molecule has 49 nitrogen and oxygen atoms in total. The highest BCUT2D eigenvalue weighted by molar-refractivity contribution is 6.42. The molecule has 28 N–H and O–H groups in total. The predicted molar refractivity (Wildman–Crippen MR) is 556 cm³/mol. The lowest BCUT2D eigenvalue weighted by molar-refractivity contribution is -0.145. The summed E-state index contributed by atoms with van der Waals surface area (Å²) in [6.07, 6.45) is 14.7. The predicted octanol–water partition coefficient (Wildman–Crippen LogP) is -8.05. The van der Waals surface area contributed by atoms with Crippen molar-refractivity contribution >= 4 is 122 Å². The van der Waals surface area contributed by atoms with Crippen molar-refractivity contribution in [3.05, 3.63) is 102 Å². The number of likely N-dealkylation sites (N-methyl/N-ethyl adjacent to an activating group) is 1. The van der Waals surface area contributed by atoms with Crippen LogP contribution in [0.5, 0.6) is 0 Å². The van der Waals surface area contributed by atoms with Crippen molar-refractivity contribution in [2.45, 2.75) is 244 Å². The molecule has 1 unspecified atom stereocenters. The second kappa shape index (κ2) is 49.0. The molecule has 1 saturated carbocycles. The Morgan fingerprint density at radius 3 is 0.856 bits per heavy atom. The monoisotopic (exact) mass is 2050 g/mol. The van der Waals surface area contributed by atoms with Crippen LogP contribution < -0.4 is 143 Å². The van der Waals surface area contributed by atoms with E-state index in [1.165, 1.54) is 0 Å². The van der Waals surface area contributed by atoms with Crippen molar-refractivity contribution in [3.8, 4) is 0 Å². The van der Waals surface area contributed by atoms with E-state index in [0.29, 0.717) is 87.0 Å². The average Bonchev–Trinajstić information content (AvgIpc) is 1.48. The first kappa shape index (κ1) is 117.